The molecule has 0 bridgehead atoms. The number of fused-ring (bicyclic) bond motifs is 5. The number of rotatable bonds is 2. The van der Waals surface area contributed by atoms with E-state index in [0.717, 1.165) is 5.75 Å². The van der Waals surface area contributed by atoms with E-state index in [0.29, 0.717) is 0 Å². The summed E-state index contributed by atoms with van der Waals surface area (Å²) in [5.41, 5.74) is 3.61. The molecule has 0 radical (unpaired) electrons. The van der Waals surface area contributed by atoms with E-state index >= 15 is 0 Å². The molecule has 4 aromatic carbocycles. The summed E-state index contributed by atoms with van der Waals surface area (Å²) in [6, 6.07) is 29.8. The van der Waals surface area contributed by atoms with Gasteiger partial charge in [0.25, 0.3) is 0 Å². The first-order valence-corrected chi connectivity index (χ1v) is 8.42. The highest BCUT2D eigenvalue weighted by atomic mass is 16.5. The van der Waals surface area contributed by atoms with Crippen molar-refractivity contribution in [2.75, 3.05) is 7.11 Å². The topological polar surface area (TPSA) is 14.2 Å². The highest BCUT2D eigenvalue weighted by molar-refractivity contribution is 6.21. The maximum atomic E-state index is 5.47. The van der Waals surface area contributed by atoms with Gasteiger partial charge in [-0.25, -0.2) is 0 Å². The maximum absolute atomic E-state index is 5.47. The minimum Gasteiger partial charge on any atom is -0.497 e. The van der Waals surface area contributed by atoms with Gasteiger partial charge >= 0.3 is 0 Å². The molecule has 0 N–H and O–H groups in total. The number of methoxy groups -OCH3 is 1. The van der Waals surface area contributed by atoms with Crippen LogP contribution >= 0.6 is 0 Å². The Bertz CT molecular complexity index is 1220. The van der Waals surface area contributed by atoms with E-state index in [1.807, 2.05) is 6.07 Å². The standard InChI is InChI=1S/C23H17NO/c1-25-18-13-11-16-12-14-22-23(20(16)15-18)19-9-5-6-10-21(19)24(22)17-7-3-2-4-8-17/h2-15H,1H3. The summed E-state index contributed by atoms with van der Waals surface area (Å²) in [5.74, 6) is 0.886. The van der Waals surface area contributed by atoms with Crippen LogP contribution in [0.4, 0.5) is 0 Å². The zero-order valence-corrected chi connectivity index (χ0v) is 13.9. The van der Waals surface area contributed by atoms with Crippen molar-refractivity contribution in [1.82, 2.24) is 4.57 Å². The van der Waals surface area contributed by atoms with Gasteiger partial charge in [-0.1, -0.05) is 48.5 Å². The van der Waals surface area contributed by atoms with Crippen molar-refractivity contribution in [3.63, 3.8) is 0 Å². The first kappa shape index (κ1) is 14.1. The molecule has 0 aliphatic heterocycles. The Kier molecular flexibility index (Phi) is 3.04. The second-order valence-electron chi connectivity index (χ2n) is 6.23. The molecular formula is C23H17NO. The Balaban J connectivity index is 2.02. The van der Waals surface area contributed by atoms with E-state index in [1.54, 1.807) is 7.11 Å². The van der Waals surface area contributed by atoms with Crippen LogP contribution in [0, 0.1) is 0 Å². The Morgan fingerprint density at radius 3 is 2.28 bits per heavy atom. The predicted octanol–water partition coefficient (Wildman–Crippen LogP) is 5.95. The van der Waals surface area contributed by atoms with Crippen LogP contribution < -0.4 is 4.74 Å². The monoisotopic (exact) mass is 323 g/mol. The third-order valence-electron chi connectivity index (χ3n) is 4.88. The predicted molar refractivity (Wildman–Crippen MR) is 105 cm³/mol. The number of para-hydroxylation sites is 2. The zero-order chi connectivity index (χ0) is 16.8. The van der Waals surface area contributed by atoms with Gasteiger partial charge < -0.3 is 9.30 Å². The molecule has 0 saturated heterocycles. The van der Waals surface area contributed by atoms with Crippen molar-refractivity contribution < 1.29 is 4.74 Å². The molecule has 2 heteroatoms. The van der Waals surface area contributed by atoms with Gasteiger partial charge in [0, 0.05) is 16.5 Å². The zero-order valence-electron chi connectivity index (χ0n) is 13.9. The molecule has 2 nitrogen and oxygen atoms in total. The summed E-state index contributed by atoms with van der Waals surface area (Å²) >= 11 is 0. The second-order valence-corrected chi connectivity index (χ2v) is 6.23. The molecule has 0 aliphatic rings. The molecule has 0 spiro atoms. The number of hydrogen-bond donors (Lipinski definition) is 0. The second kappa shape index (κ2) is 5.38. The molecule has 0 saturated carbocycles. The molecule has 5 rings (SSSR count). The molecular weight excluding hydrogens is 306 g/mol. The van der Waals surface area contributed by atoms with Crippen LogP contribution in [0.5, 0.6) is 5.75 Å². The van der Waals surface area contributed by atoms with Crippen LogP contribution in [0.15, 0.2) is 84.9 Å². The molecule has 1 aromatic heterocycles. The molecule has 0 aliphatic carbocycles. The van der Waals surface area contributed by atoms with Gasteiger partial charge in [-0.15, -0.1) is 0 Å². The van der Waals surface area contributed by atoms with Crippen molar-refractivity contribution in [2.24, 2.45) is 0 Å². The summed E-state index contributed by atoms with van der Waals surface area (Å²) < 4.78 is 7.80. The largest absolute Gasteiger partial charge is 0.497 e. The average molecular weight is 323 g/mol. The van der Waals surface area contributed by atoms with Gasteiger partial charge in [-0.3, -0.25) is 0 Å². The normalized spacial score (nSPS) is 11.4. The average Bonchev–Trinajstić information content (AvgIpc) is 3.03. The van der Waals surface area contributed by atoms with E-state index in [2.05, 4.69) is 83.4 Å². The van der Waals surface area contributed by atoms with Crippen LogP contribution in [0.1, 0.15) is 0 Å². The molecule has 1 heterocycles. The van der Waals surface area contributed by atoms with Gasteiger partial charge in [-0.05, 0) is 47.2 Å². The van der Waals surface area contributed by atoms with E-state index in [4.69, 9.17) is 4.74 Å². The lowest BCUT2D eigenvalue weighted by Gasteiger charge is -2.08. The molecule has 25 heavy (non-hydrogen) atoms. The van der Waals surface area contributed by atoms with E-state index in [-0.39, 0.29) is 0 Å². The molecule has 0 unspecified atom stereocenters. The highest BCUT2D eigenvalue weighted by Gasteiger charge is 2.14. The van der Waals surface area contributed by atoms with Crippen LogP contribution in [-0.4, -0.2) is 11.7 Å². The fourth-order valence-corrected chi connectivity index (χ4v) is 3.75. The molecule has 120 valence electrons. The third-order valence-corrected chi connectivity index (χ3v) is 4.88. The number of benzene rings is 4. The summed E-state index contributed by atoms with van der Waals surface area (Å²) in [6.45, 7) is 0. The summed E-state index contributed by atoms with van der Waals surface area (Å²) in [5, 5.41) is 4.99. The van der Waals surface area contributed by atoms with Gasteiger partial charge in [0.05, 0.1) is 18.1 Å². The van der Waals surface area contributed by atoms with Crippen molar-refractivity contribution in [3.8, 4) is 11.4 Å². The van der Waals surface area contributed by atoms with Gasteiger partial charge in [0.1, 0.15) is 5.75 Å². The van der Waals surface area contributed by atoms with Gasteiger partial charge in [-0.2, -0.15) is 0 Å². The van der Waals surface area contributed by atoms with Crippen molar-refractivity contribution in [3.05, 3.63) is 84.9 Å². The number of aromatic nitrogens is 1. The lowest BCUT2D eigenvalue weighted by molar-refractivity contribution is 0.415. The first-order valence-electron chi connectivity index (χ1n) is 8.42. The fraction of sp³-hybridized carbons (Fsp3) is 0.0435. The van der Waals surface area contributed by atoms with Crippen LogP contribution in [0.25, 0.3) is 38.3 Å². The molecule has 0 atom stereocenters. The molecule has 5 aromatic rings. The quantitative estimate of drug-likeness (QED) is 0.392. The van der Waals surface area contributed by atoms with Gasteiger partial charge in [0.2, 0.25) is 0 Å². The third kappa shape index (κ3) is 2.04. The minimum absolute atomic E-state index is 0.886. The number of hydrogen-bond acceptors (Lipinski definition) is 1. The highest BCUT2D eigenvalue weighted by Crippen LogP contribution is 2.37. The lowest BCUT2D eigenvalue weighted by atomic mass is 10.0. The van der Waals surface area contributed by atoms with Crippen LogP contribution in [0.2, 0.25) is 0 Å². The van der Waals surface area contributed by atoms with Crippen molar-refractivity contribution in [2.45, 2.75) is 0 Å². The molecule has 0 amide bonds. The molecule has 0 fully saturated rings. The first-order chi connectivity index (χ1) is 12.4. The number of ether oxygens (including phenoxy) is 1. The Morgan fingerprint density at radius 2 is 1.44 bits per heavy atom. The van der Waals surface area contributed by atoms with E-state index < -0.39 is 0 Å². The fourth-order valence-electron chi connectivity index (χ4n) is 3.75. The SMILES string of the molecule is COc1ccc2ccc3c(c2c1)c1ccccc1n3-c1ccccc1. The maximum Gasteiger partial charge on any atom is 0.119 e. The lowest BCUT2D eigenvalue weighted by Crippen LogP contribution is -1.92. The summed E-state index contributed by atoms with van der Waals surface area (Å²) in [4.78, 5) is 0. The van der Waals surface area contributed by atoms with E-state index in [9.17, 15) is 0 Å². The van der Waals surface area contributed by atoms with E-state index in [1.165, 1.54) is 38.3 Å². The van der Waals surface area contributed by atoms with Crippen LogP contribution in [0.3, 0.4) is 0 Å². The Labute approximate surface area is 145 Å². The number of nitrogens with zero attached hydrogens (tertiary/aromatic N) is 1. The summed E-state index contributed by atoms with van der Waals surface area (Å²) in [7, 11) is 1.72. The summed E-state index contributed by atoms with van der Waals surface area (Å²) in [6.07, 6.45) is 0. The minimum atomic E-state index is 0.886. The smallest absolute Gasteiger partial charge is 0.119 e. The van der Waals surface area contributed by atoms with Crippen molar-refractivity contribution in [1.29, 1.82) is 0 Å². The van der Waals surface area contributed by atoms with Crippen molar-refractivity contribution >= 4 is 32.6 Å². The Hall–Kier alpha value is -3.26. The Morgan fingerprint density at radius 1 is 0.680 bits per heavy atom. The van der Waals surface area contributed by atoms with Crippen LogP contribution in [-0.2, 0) is 0 Å². The van der Waals surface area contributed by atoms with Gasteiger partial charge in [0.15, 0.2) is 0 Å².